The minimum absolute atomic E-state index is 0. The molecule has 0 aromatic carbocycles. The molecule has 0 aromatic heterocycles. The van der Waals surface area contributed by atoms with Crippen molar-refractivity contribution in [2.24, 2.45) is 0 Å². The first kappa shape index (κ1) is 140. The minimum atomic E-state index is -0.903. The van der Waals surface area contributed by atoms with Crippen molar-refractivity contribution in [3.05, 3.63) is 0 Å². The molecule has 123 heavy (non-hydrogen) atoms. The molecule has 12 nitrogen and oxygen atoms in total. The third kappa shape index (κ3) is 168. The van der Waals surface area contributed by atoms with Crippen molar-refractivity contribution in [3.8, 4) is 0 Å². The zero-order valence-electron chi connectivity index (χ0n) is 83.9. The molecule has 0 saturated heterocycles. The Morgan fingerprint density at radius 1 is 0.122 bits per heavy atom. The third-order valence-corrected chi connectivity index (χ3v) is 23.9. The van der Waals surface area contributed by atoms with Crippen LogP contribution in [0.15, 0.2) is 0 Å². The molecule has 0 unspecified atom stereocenters. The maximum absolute atomic E-state index is 10.2. The van der Waals surface area contributed by atoms with Gasteiger partial charge in [-0.25, -0.2) is 0 Å². The van der Waals surface area contributed by atoms with Crippen LogP contribution in [0.1, 0.15) is 658 Å². The van der Waals surface area contributed by atoms with Gasteiger partial charge in [-0.1, -0.05) is 581 Å². The van der Waals surface area contributed by atoms with Gasteiger partial charge in [0, 0.05) is 35.8 Å². The third-order valence-electron chi connectivity index (χ3n) is 23.9. The van der Waals surface area contributed by atoms with Crippen LogP contribution < -0.4 is 30.6 Å². The molecule has 0 saturated carbocycles. The number of carbonyl (C=O) groups is 6. The van der Waals surface area contributed by atoms with E-state index in [9.17, 15) is 59.4 Å². The van der Waals surface area contributed by atoms with Gasteiger partial charge >= 0.3 is 80.3 Å². The molecule has 15 heteroatoms. The molecular formula is C108H210CaMgO12Zn. The van der Waals surface area contributed by atoms with Crippen molar-refractivity contribution < 1.29 is 78.9 Å². The number of hydrogen-bond donors (Lipinski definition) is 0. The van der Waals surface area contributed by atoms with Gasteiger partial charge in [0.05, 0.1) is 0 Å². The van der Waals surface area contributed by atoms with Crippen molar-refractivity contribution in [2.75, 3.05) is 0 Å². The van der Waals surface area contributed by atoms with E-state index in [4.69, 9.17) is 0 Å². The SMILES string of the molecule is CCCCCCCCCCCCCCCCCC(=O)[O-].CCCCCCCCCCCCCCCCCC(=O)[O-].CCCCCCCCCCCCCCCCCC(=O)[O-].CCCCCCCCCCCCCCCCCC(=O)[O-].CCCCCCCCCCCCCCCCCC(=O)[O-].CCCCCCCCCCCCCCCCCC(=O)[O-].[Ca+2].[Mg+2].[Zn+2]. The number of carbonyl (C=O) groups excluding carboxylic acids is 6. The molecule has 0 atom stereocenters. The van der Waals surface area contributed by atoms with Crippen LogP contribution in [-0.4, -0.2) is 96.6 Å². The second kappa shape index (κ2) is 137. The Bertz CT molecular complexity index is 1580. The summed E-state index contributed by atoms with van der Waals surface area (Å²) in [6, 6.07) is 0. The number of rotatable bonds is 96. The van der Waals surface area contributed by atoms with Crippen molar-refractivity contribution in [2.45, 2.75) is 658 Å². The van der Waals surface area contributed by atoms with Gasteiger partial charge in [0.15, 0.2) is 0 Å². The van der Waals surface area contributed by atoms with E-state index in [0.29, 0.717) is 0 Å². The molecule has 0 aromatic rings. The number of carboxylic acid groups (broad SMARTS) is 6. The molecule has 720 valence electrons. The standard InChI is InChI=1S/6C18H36O2.Ca.Mg.Zn/c6*1-2-3-4-5-6-7-8-9-10-11-12-13-14-15-16-17-18(19)20;;;/h6*2-17H2,1H3,(H,19,20);;;/q;;;;;;3*+2/p-6. The monoisotopic (exact) mass is 1830 g/mol. The largest absolute Gasteiger partial charge is 2.00 e. The summed E-state index contributed by atoms with van der Waals surface area (Å²) in [5.74, 6) is -5.42. The van der Waals surface area contributed by atoms with E-state index in [-0.39, 0.29) is 119 Å². The Balaban J connectivity index is -0.000000180. The quantitative estimate of drug-likeness (QED) is 0.0408. The van der Waals surface area contributed by atoms with Gasteiger partial charge in [0.1, 0.15) is 0 Å². The molecule has 0 amide bonds. The van der Waals surface area contributed by atoms with Crippen LogP contribution in [0, 0.1) is 0 Å². The molecule has 0 aliphatic heterocycles. The average molecular weight is 1830 g/mol. The number of hydrogen-bond acceptors (Lipinski definition) is 12. The number of aliphatic carboxylic acids is 6. The Hall–Kier alpha value is -0.531. The van der Waals surface area contributed by atoms with Crippen molar-refractivity contribution >= 4 is 96.6 Å². The van der Waals surface area contributed by atoms with Crippen LogP contribution in [0.5, 0.6) is 0 Å². The summed E-state index contributed by atoms with van der Waals surface area (Å²) >= 11 is 0. The average Bonchev–Trinajstić information content (AvgIpc) is 1.20. The minimum Gasteiger partial charge on any atom is -0.550 e. The normalized spacial score (nSPS) is 10.6. The van der Waals surface area contributed by atoms with Crippen molar-refractivity contribution in [3.63, 3.8) is 0 Å². The summed E-state index contributed by atoms with van der Waals surface area (Å²) in [5, 5.41) is 61.3. The van der Waals surface area contributed by atoms with E-state index in [2.05, 4.69) is 41.5 Å². The van der Waals surface area contributed by atoms with E-state index in [1.165, 1.54) is 501 Å². The molecule has 0 aliphatic carbocycles. The van der Waals surface area contributed by atoms with E-state index in [1.54, 1.807) is 0 Å². The fourth-order valence-corrected chi connectivity index (χ4v) is 15.8. The second-order valence-corrected chi connectivity index (χ2v) is 36.4. The Kier molecular flexibility index (Phi) is 156. The first-order valence-corrected chi connectivity index (χ1v) is 53.8. The summed E-state index contributed by atoms with van der Waals surface area (Å²) in [6.07, 6.45) is 119. The smallest absolute Gasteiger partial charge is 0.550 e. The van der Waals surface area contributed by atoms with E-state index < -0.39 is 35.8 Å². The number of unbranched alkanes of at least 4 members (excludes halogenated alkanes) is 84. The van der Waals surface area contributed by atoms with Gasteiger partial charge in [-0.05, 0) is 77.0 Å². The number of carboxylic acids is 6. The van der Waals surface area contributed by atoms with Gasteiger partial charge in [-0.2, -0.15) is 0 Å². The maximum Gasteiger partial charge on any atom is 2.00 e. The second-order valence-electron chi connectivity index (χ2n) is 36.4. The van der Waals surface area contributed by atoms with Crippen LogP contribution in [0.3, 0.4) is 0 Å². The molecule has 0 spiro atoms. The van der Waals surface area contributed by atoms with Gasteiger partial charge in [-0.3, -0.25) is 0 Å². The summed E-state index contributed by atoms with van der Waals surface area (Å²) in [4.78, 5) is 61.3. The van der Waals surface area contributed by atoms with Crippen LogP contribution in [0.4, 0.5) is 0 Å². The topological polar surface area (TPSA) is 241 Å². The molecular weight excluding hydrogens is 1620 g/mol. The van der Waals surface area contributed by atoms with Gasteiger partial charge in [0.2, 0.25) is 0 Å². The fourth-order valence-electron chi connectivity index (χ4n) is 15.8. The van der Waals surface area contributed by atoms with Crippen LogP contribution in [-0.2, 0) is 48.2 Å². The Labute approximate surface area is 826 Å². The maximum atomic E-state index is 10.2. The van der Waals surface area contributed by atoms with Crippen LogP contribution in [0.2, 0.25) is 0 Å². The first-order valence-electron chi connectivity index (χ1n) is 53.8. The Morgan fingerprint density at radius 3 is 0.220 bits per heavy atom. The molecule has 0 heterocycles. The van der Waals surface area contributed by atoms with Crippen molar-refractivity contribution in [1.82, 2.24) is 0 Å². The van der Waals surface area contributed by atoms with Gasteiger partial charge in [0.25, 0.3) is 0 Å². The van der Waals surface area contributed by atoms with E-state index in [0.717, 1.165) is 77.0 Å². The molecule has 0 aliphatic rings. The zero-order valence-corrected chi connectivity index (χ0v) is 90.5. The molecule has 0 rings (SSSR count). The first-order chi connectivity index (χ1) is 58.6. The molecule has 0 radical (unpaired) electrons. The predicted octanol–water partition coefficient (Wildman–Crippen LogP) is 29.2. The van der Waals surface area contributed by atoms with Gasteiger partial charge < -0.3 is 59.4 Å². The Morgan fingerprint density at radius 2 is 0.171 bits per heavy atom. The summed E-state index contributed by atoms with van der Waals surface area (Å²) in [5.41, 5.74) is 0. The summed E-state index contributed by atoms with van der Waals surface area (Å²) < 4.78 is 0. The van der Waals surface area contributed by atoms with Gasteiger partial charge in [-0.15, -0.1) is 0 Å². The van der Waals surface area contributed by atoms with E-state index in [1.807, 2.05) is 0 Å². The molecule has 0 N–H and O–H groups in total. The fraction of sp³-hybridized carbons (Fsp3) is 0.944. The van der Waals surface area contributed by atoms with Crippen molar-refractivity contribution in [1.29, 1.82) is 0 Å². The molecule has 0 bridgehead atoms. The summed E-state index contributed by atoms with van der Waals surface area (Å²) in [6.45, 7) is 13.6. The molecule has 0 fully saturated rings. The van der Waals surface area contributed by atoms with Crippen LogP contribution >= 0.6 is 0 Å². The van der Waals surface area contributed by atoms with Crippen LogP contribution in [0.25, 0.3) is 0 Å². The predicted molar refractivity (Wildman–Crippen MR) is 519 cm³/mol. The van der Waals surface area contributed by atoms with E-state index >= 15 is 0 Å². The zero-order chi connectivity index (χ0) is 89.3. The summed E-state index contributed by atoms with van der Waals surface area (Å²) in [7, 11) is 0.